The van der Waals surface area contributed by atoms with Crippen molar-refractivity contribution in [3.8, 4) is 0 Å². The number of hydrogen-bond donors (Lipinski definition) is 1. The van der Waals surface area contributed by atoms with Crippen molar-refractivity contribution in [3.63, 3.8) is 0 Å². The van der Waals surface area contributed by atoms with E-state index < -0.39 is 0 Å². The third-order valence-corrected chi connectivity index (χ3v) is 4.19. The molecule has 0 heterocycles. The minimum absolute atomic E-state index is 0.453. The lowest BCUT2D eigenvalue weighted by Gasteiger charge is -2.35. The van der Waals surface area contributed by atoms with Crippen molar-refractivity contribution < 1.29 is 0 Å². The van der Waals surface area contributed by atoms with E-state index in [9.17, 15) is 0 Å². The van der Waals surface area contributed by atoms with Crippen LogP contribution in [0.4, 0.5) is 0 Å². The van der Waals surface area contributed by atoms with E-state index in [1.54, 1.807) is 0 Å². The summed E-state index contributed by atoms with van der Waals surface area (Å²) in [5, 5.41) is 0. The molecule has 18 heavy (non-hydrogen) atoms. The average molecular weight is 246 g/mol. The maximum Gasteiger partial charge on any atom is 0.00964 e. The Balaban J connectivity index is 1.82. The summed E-state index contributed by atoms with van der Waals surface area (Å²) in [6, 6.07) is 12.0. The summed E-state index contributed by atoms with van der Waals surface area (Å²) in [4.78, 5) is 2.64. The lowest BCUT2D eigenvalue weighted by molar-refractivity contribution is 0.158. The summed E-state index contributed by atoms with van der Waals surface area (Å²) >= 11 is 0. The van der Waals surface area contributed by atoms with E-state index in [2.05, 4.69) is 42.2 Å². The first-order valence-corrected chi connectivity index (χ1v) is 7.33. The van der Waals surface area contributed by atoms with Crippen LogP contribution in [0.15, 0.2) is 30.3 Å². The van der Waals surface area contributed by atoms with Crippen molar-refractivity contribution >= 4 is 0 Å². The average Bonchev–Trinajstić information content (AvgIpc) is 2.42. The summed E-state index contributed by atoms with van der Waals surface area (Å²) in [5.74, 6) is 0. The van der Waals surface area contributed by atoms with Crippen molar-refractivity contribution in [2.75, 3.05) is 13.1 Å². The van der Waals surface area contributed by atoms with Gasteiger partial charge < -0.3 is 10.6 Å². The molecule has 0 bridgehead atoms. The van der Waals surface area contributed by atoms with Gasteiger partial charge in [0.2, 0.25) is 0 Å². The van der Waals surface area contributed by atoms with Crippen molar-refractivity contribution in [3.05, 3.63) is 35.9 Å². The highest BCUT2D eigenvalue weighted by atomic mass is 15.1. The van der Waals surface area contributed by atoms with Crippen LogP contribution in [0.2, 0.25) is 0 Å². The van der Waals surface area contributed by atoms with Gasteiger partial charge in [-0.25, -0.2) is 0 Å². The molecule has 2 nitrogen and oxygen atoms in total. The SMILES string of the molecule is CCN(CCc1ccccc1)C1CCC(N)CC1. The molecule has 2 heteroatoms. The molecule has 1 aliphatic rings. The molecule has 1 aliphatic carbocycles. The molecule has 1 fully saturated rings. The number of nitrogens with two attached hydrogens (primary N) is 1. The van der Waals surface area contributed by atoms with Gasteiger partial charge in [0.1, 0.15) is 0 Å². The Hall–Kier alpha value is -0.860. The van der Waals surface area contributed by atoms with E-state index in [4.69, 9.17) is 5.73 Å². The number of hydrogen-bond acceptors (Lipinski definition) is 2. The molecular formula is C16H26N2. The summed E-state index contributed by atoms with van der Waals surface area (Å²) < 4.78 is 0. The highest BCUT2D eigenvalue weighted by Gasteiger charge is 2.22. The first kappa shape index (κ1) is 13.6. The first-order chi connectivity index (χ1) is 8.79. The molecule has 0 spiro atoms. The quantitative estimate of drug-likeness (QED) is 0.865. The van der Waals surface area contributed by atoms with Gasteiger partial charge in [-0.1, -0.05) is 37.3 Å². The van der Waals surface area contributed by atoms with Crippen LogP contribution in [0.5, 0.6) is 0 Å². The normalized spacial score (nSPS) is 24.4. The van der Waals surface area contributed by atoms with Crippen LogP contribution in [0.25, 0.3) is 0 Å². The fraction of sp³-hybridized carbons (Fsp3) is 0.625. The third-order valence-electron chi connectivity index (χ3n) is 4.19. The lowest BCUT2D eigenvalue weighted by Crippen LogP contribution is -2.41. The molecule has 2 N–H and O–H groups in total. The number of rotatable bonds is 5. The fourth-order valence-electron chi connectivity index (χ4n) is 2.98. The standard InChI is InChI=1S/C16H26N2/c1-2-18(16-10-8-15(17)9-11-16)13-12-14-6-4-3-5-7-14/h3-7,15-16H,2,8-13,17H2,1H3. The maximum absolute atomic E-state index is 5.99. The predicted molar refractivity (Wildman–Crippen MR) is 77.6 cm³/mol. The van der Waals surface area contributed by atoms with E-state index in [1.165, 1.54) is 37.8 Å². The summed E-state index contributed by atoms with van der Waals surface area (Å²) in [6.07, 6.45) is 6.13. The number of benzene rings is 1. The van der Waals surface area contributed by atoms with Crippen LogP contribution in [-0.4, -0.2) is 30.1 Å². The number of nitrogens with zero attached hydrogens (tertiary/aromatic N) is 1. The Morgan fingerprint density at radius 3 is 2.39 bits per heavy atom. The zero-order valence-electron chi connectivity index (χ0n) is 11.5. The molecule has 0 atom stereocenters. The van der Waals surface area contributed by atoms with Crippen LogP contribution >= 0.6 is 0 Å². The Morgan fingerprint density at radius 1 is 1.11 bits per heavy atom. The summed E-state index contributed by atoms with van der Waals surface area (Å²) in [7, 11) is 0. The van der Waals surface area contributed by atoms with Crippen molar-refractivity contribution in [1.29, 1.82) is 0 Å². The topological polar surface area (TPSA) is 29.3 Å². The molecule has 0 saturated heterocycles. The second kappa shape index (κ2) is 6.91. The lowest BCUT2D eigenvalue weighted by atomic mass is 9.90. The van der Waals surface area contributed by atoms with Crippen LogP contribution in [0.3, 0.4) is 0 Å². The molecule has 0 aliphatic heterocycles. The predicted octanol–water partition coefficient (Wildman–Crippen LogP) is 2.82. The van der Waals surface area contributed by atoms with Crippen molar-refractivity contribution in [2.24, 2.45) is 5.73 Å². The van der Waals surface area contributed by atoms with Crippen LogP contribution in [0.1, 0.15) is 38.2 Å². The molecule has 100 valence electrons. The Labute approximate surface area is 111 Å². The zero-order chi connectivity index (χ0) is 12.8. The van der Waals surface area contributed by atoms with E-state index in [0.29, 0.717) is 6.04 Å². The second-order valence-corrected chi connectivity index (χ2v) is 5.43. The van der Waals surface area contributed by atoms with Gasteiger partial charge in [0.25, 0.3) is 0 Å². The molecule has 1 aromatic carbocycles. The molecule has 0 radical (unpaired) electrons. The largest absolute Gasteiger partial charge is 0.328 e. The molecule has 2 rings (SSSR count). The van der Waals surface area contributed by atoms with Crippen LogP contribution in [-0.2, 0) is 6.42 Å². The van der Waals surface area contributed by atoms with Crippen LogP contribution < -0.4 is 5.73 Å². The van der Waals surface area contributed by atoms with Crippen molar-refractivity contribution in [2.45, 2.75) is 51.1 Å². The molecule has 1 saturated carbocycles. The summed E-state index contributed by atoms with van der Waals surface area (Å²) in [5.41, 5.74) is 7.43. The van der Waals surface area contributed by atoms with Gasteiger partial charge in [-0.2, -0.15) is 0 Å². The van der Waals surface area contributed by atoms with Crippen molar-refractivity contribution in [1.82, 2.24) is 4.90 Å². The number of likely N-dealkylation sites (N-methyl/N-ethyl adjacent to an activating group) is 1. The first-order valence-electron chi connectivity index (χ1n) is 7.33. The minimum atomic E-state index is 0.453. The Bertz CT molecular complexity index is 328. The van der Waals surface area contributed by atoms with Gasteiger partial charge >= 0.3 is 0 Å². The van der Waals surface area contributed by atoms with Gasteiger partial charge in [0.15, 0.2) is 0 Å². The molecule has 1 aromatic rings. The van der Waals surface area contributed by atoms with Gasteiger partial charge in [-0.3, -0.25) is 0 Å². The minimum Gasteiger partial charge on any atom is -0.328 e. The second-order valence-electron chi connectivity index (χ2n) is 5.43. The van der Waals surface area contributed by atoms with E-state index >= 15 is 0 Å². The van der Waals surface area contributed by atoms with E-state index in [1.807, 2.05) is 0 Å². The van der Waals surface area contributed by atoms with Gasteiger partial charge in [-0.15, -0.1) is 0 Å². The zero-order valence-corrected chi connectivity index (χ0v) is 11.5. The van der Waals surface area contributed by atoms with Gasteiger partial charge in [-0.05, 0) is 44.2 Å². The fourth-order valence-corrected chi connectivity index (χ4v) is 2.98. The summed E-state index contributed by atoms with van der Waals surface area (Å²) in [6.45, 7) is 4.62. The monoisotopic (exact) mass is 246 g/mol. The highest BCUT2D eigenvalue weighted by molar-refractivity contribution is 5.14. The smallest absolute Gasteiger partial charge is 0.00964 e. The molecule has 0 aromatic heterocycles. The van der Waals surface area contributed by atoms with Gasteiger partial charge in [0.05, 0.1) is 0 Å². The van der Waals surface area contributed by atoms with E-state index in [-0.39, 0.29) is 0 Å². The molecule has 0 amide bonds. The third kappa shape index (κ3) is 3.82. The van der Waals surface area contributed by atoms with Crippen LogP contribution in [0, 0.1) is 0 Å². The molecule has 0 unspecified atom stereocenters. The Morgan fingerprint density at radius 2 is 1.78 bits per heavy atom. The Kier molecular flexibility index (Phi) is 5.21. The molecular weight excluding hydrogens is 220 g/mol. The van der Waals surface area contributed by atoms with E-state index in [0.717, 1.165) is 19.0 Å². The maximum atomic E-state index is 5.99. The highest BCUT2D eigenvalue weighted by Crippen LogP contribution is 2.22. The van der Waals surface area contributed by atoms with Gasteiger partial charge in [0, 0.05) is 18.6 Å².